The molecule has 0 bridgehead atoms. The van der Waals surface area contributed by atoms with Gasteiger partial charge in [0.05, 0.1) is 6.10 Å². The van der Waals surface area contributed by atoms with E-state index in [0.29, 0.717) is 6.10 Å². The number of hydrogen-bond acceptors (Lipinski definition) is 1. The predicted molar refractivity (Wildman–Crippen MR) is 78.8 cm³/mol. The quantitative estimate of drug-likeness (QED) is 0.663. The molecule has 0 saturated heterocycles. The summed E-state index contributed by atoms with van der Waals surface area (Å²) in [5.74, 6) is 1.88. The number of alkyl halides is 1. The first-order chi connectivity index (χ1) is 8.19. The van der Waals surface area contributed by atoms with Crippen LogP contribution in [-0.2, 0) is 5.33 Å². The van der Waals surface area contributed by atoms with E-state index in [1.54, 1.807) is 0 Å². The normalized spacial score (nSPS) is 24.6. The van der Waals surface area contributed by atoms with E-state index in [9.17, 15) is 0 Å². The van der Waals surface area contributed by atoms with Crippen LogP contribution in [0.3, 0.4) is 0 Å². The first kappa shape index (κ1) is 13.4. The van der Waals surface area contributed by atoms with Crippen molar-refractivity contribution in [1.82, 2.24) is 0 Å². The number of ether oxygens (including phenoxy) is 1. The molecule has 3 heteroatoms. The van der Waals surface area contributed by atoms with Gasteiger partial charge in [0, 0.05) is 9.80 Å². The molecule has 1 aliphatic carbocycles. The molecule has 0 amide bonds. The van der Waals surface area contributed by atoms with Crippen LogP contribution in [0.1, 0.15) is 38.2 Å². The van der Waals surface area contributed by atoms with E-state index < -0.39 is 0 Å². The van der Waals surface area contributed by atoms with Gasteiger partial charge in [0.25, 0.3) is 0 Å². The van der Waals surface area contributed by atoms with Gasteiger partial charge in [0.1, 0.15) is 5.75 Å². The van der Waals surface area contributed by atoms with Gasteiger partial charge in [-0.3, -0.25) is 0 Å². The molecule has 1 fully saturated rings. The molecule has 0 aromatic heterocycles. The summed E-state index contributed by atoms with van der Waals surface area (Å²) in [6, 6.07) is 6.24. The molecule has 0 aliphatic heterocycles. The fraction of sp³-hybridized carbons (Fsp3) is 0.571. The summed E-state index contributed by atoms with van der Waals surface area (Å²) in [7, 11) is 0. The second-order valence-corrected chi connectivity index (χ2v) is 6.30. The fourth-order valence-corrected chi connectivity index (χ4v) is 3.49. The molecule has 17 heavy (non-hydrogen) atoms. The summed E-state index contributed by atoms with van der Waals surface area (Å²) in [4.78, 5) is 0. The molecule has 0 unspecified atom stereocenters. The van der Waals surface area contributed by atoms with Gasteiger partial charge in [-0.2, -0.15) is 0 Å². The summed E-state index contributed by atoms with van der Waals surface area (Å²) < 4.78 is 7.20. The lowest BCUT2D eigenvalue weighted by molar-refractivity contribution is 0.135. The minimum atomic E-state index is 0.413. The minimum Gasteiger partial charge on any atom is -0.490 e. The highest BCUT2D eigenvalue weighted by molar-refractivity contribution is 9.10. The Hall–Kier alpha value is -0.0200. The van der Waals surface area contributed by atoms with Crippen LogP contribution in [0.15, 0.2) is 22.7 Å². The van der Waals surface area contributed by atoms with E-state index in [1.807, 2.05) is 6.07 Å². The Morgan fingerprint density at radius 2 is 1.94 bits per heavy atom. The highest BCUT2D eigenvalue weighted by Gasteiger charge is 2.19. The van der Waals surface area contributed by atoms with E-state index in [-0.39, 0.29) is 0 Å². The Morgan fingerprint density at radius 3 is 2.59 bits per heavy atom. The third-order valence-corrected chi connectivity index (χ3v) is 4.80. The van der Waals surface area contributed by atoms with Crippen molar-refractivity contribution in [3.63, 3.8) is 0 Å². The maximum absolute atomic E-state index is 6.06. The van der Waals surface area contributed by atoms with Gasteiger partial charge in [0.2, 0.25) is 0 Å². The molecular weight excluding hydrogens is 344 g/mol. The first-order valence-corrected chi connectivity index (χ1v) is 8.11. The lowest BCUT2D eigenvalue weighted by atomic mass is 9.89. The number of rotatable bonds is 3. The van der Waals surface area contributed by atoms with Crippen molar-refractivity contribution in [1.29, 1.82) is 0 Å². The van der Waals surface area contributed by atoms with Crippen LogP contribution in [0, 0.1) is 5.92 Å². The summed E-state index contributed by atoms with van der Waals surface area (Å²) in [5, 5.41) is 0.854. The van der Waals surface area contributed by atoms with E-state index in [0.717, 1.165) is 21.5 Å². The van der Waals surface area contributed by atoms with E-state index >= 15 is 0 Å². The Kier molecular flexibility index (Phi) is 4.92. The third-order valence-electron chi connectivity index (χ3n) is 3.43. The zero-order chi connectivity index (χ0) is 12.3. The molecule has 1 aliphatic rings. The van der Waals surface area contributed by atoms with Gasteiger partial charge in [0.15, 0.2) is 0 Å². The summed E-state index contributed by atoms with van der Waals surface area (Å²) in [5.41, 5.74) is 1.24. The van der Waals surface area contributed by atoms with Gasteiger partial charge < -0.3 is 4.74 Å². The zero-order valence-electron chi connectivity index (χ0n) is 10.1. The van der Waals surface area contributed by atoms with Crippen LogP contribution < -0.4 is 4.74 Å². The first-order valence-electron chi connectivity index (χ1n) is 6.20. The molecule has 0 spiro atoms. The highest BCUT2D eigenvalue weighted by Crippen LogP contribution is 2.29. The molecule has 1 aromatic carbocycles. The van der Waals surface area contributed by atoms with Crippen LogP contribution in [0.25, 0.3) is 0 Å². The largest absolute Gasteiger partial charge is 0.490 e. The standard InChI is InChI=1S/C14H18Br2O/c1-10-2-4-12(5-3-10)17-13-6-7-14(16)11(8-13)9-15/h6-8,10,12H,2-5,9H2,1H3. The maximum atomic E-state index is 6.06. The van der Waals surface area contributed by atoms with Crippen LogP contribution in [0.5, 0.6) is 5.75 Å². The summed E-state index contributed by atoms with van der Waals surface area (Å²) in [6.45, 7) is 2.33. The average Bonchev–Trinajstić information content (AvgIpc) is 2.34. The van der Waals surface area contributed by atoms with Gasteiger partial charge in [-0.15, -0.1) is 0 Å². The van der Waals surface area contributed by atoms with Crippen molar-refractivity contribution >= 4 is 31.9 Å². The lowest BCUT2D eigenvalue weighted by Gasteiger charge is -2.27. The molecule has 1 aromatic rings. The number of hydrogen-bond donors (Lipinski definition) is 0. The molecule has 1 nitrogen and oxygen atoms in total. The lowest BCUT2D eigenvalue weighted by Crippen LogP contribution is -2.23. The molecule has 94 valence electrons. The van der Waals surface area contributed by atoms with Gasteiger partial charge in [-0.05, 0) is 55.4 Å². The second kappa shape index (κ2) is 6.24. The van der Waals surface area contributed by atoms with Crippen molar-refractivity contribution in [3.8, 4) is 5.75 Å². The van der Waals surface area contributed by atoms with Crippen LogP contribution >= 0.6 is 31.9 Å². The molecule has 0 N–H and O–H groups in total. The molecule has 0 atom stereocenters. The highest BCUT2D eigenvalue weighted by atomic mass is 79.9. The fourth-order valence-electron chi connectivity index (χ4n) is 2.27. The number of benzene rings is 1. The molecule has 2 rings (SSSR count). The van der Waals surface area contributed by atoms with Crippen molar-refractivity contribution in [2.45, 2.75) is 44.0 Å². The summed E-state index contributed by atoms with van der Waals surface area (Å²) >= 11 is 7.03. The maximum Gasteiger partial charge on any atom is 0.120 e. The second-order valence-electron chi connectivity index (χ2n) is 4.89. The average molecular weight is 362 g/mol. The van der Waals surface area contributed by atoms with E-state index in [1.165, 1.54) is 31.2 Å². The molecule has 0 radical (unpaired) electrons. The monoisotopic (exact) mass is 360 g/mol. The van der Waals surface area contributed by atoms with Crippen molar-refractivity contribution < 1.29 is 4.74 Å². The van der Waals surface area contributed by atoms with Crippen LogP contribution in [-0.4, -0.2) is 6.10 Å². The smallest absolute Gasteiger partial charge is 0.120 e. The predicted octanol–water partition coefficient (Wildman–Crippen LogP) is 5.30. The van der Waals surface area contributed by atoms with Gasteiger partial charge >= 0.3 is 0 Å². The Morgan fingerprint density at radius 1 is 1.24 bits per heavy atom. The van der Waals surface area contributed by atoms with Crippen LogP contribution in [0.2, 0.25) is 0 Å². The summed E-state index contributed by atoms with van der Waals surface area (Å²) in [6.07, 6.45) is 5.40. The molecule has 1 saturated carbocycles. The molecular formula is C14H18Br2O. The van der Waals surface area contributed by atoms with Crippen LogP contribution in [0.4, 0.5) is 0 Å². The Bertz CT molecular complexity index is 370. The zero-order valence-corrected chi connectivity index (χ0v) is 13.3. The van der Waals surface area contributed by atoms with Crippen molar-refractivity contribution in [2.24, 2.45) is 5.92 Å². The SMILES string of the molecule is CC1CCC(Oc2ccc(Br)c(CBr)c2)CC1. The topological polar surface area (TPSA) is 9.23 Å². The Balaban J connectivity index is 1.99. The Labute approximate surface area is 120 Å². The minimum absolute atomic E-state index is 0.413. The third kappa shape index (κ3) is 3.72. The van der Waals surface area contributed by atoms with Crippen molar-refractivity contribution in [2.75, 3.05) is 0 Å². The van der Waals surface area contributed by atoms with Crippen molar-refractivity contribution in [3.05, 3.63) is 28.2 Å². The van der Waals surface area contributed by atoms with Gasteiger partial charge in [-0.1, -0.05) is 38.8 Å². The molecule has 0 heterocycles. The van der Waals surface area contributed by atoms with E-state index in [4.69, 9.17) is 4.74 Å². The number of halogens is 2. The van der Waals surface area contributed by atoms with Gasteiger partial charge in [-0.25, -0.2) is 0 Å². The van der Waals surface area contributed by atoms with E-state index in [2.05, 4.69) is 50.9 Å².